The van der Waals surface area contributed by atoms with Gasteiger partial charge in [0.1, 0.15) is 0 Å². The molecule has 0 bridgehead atoms. The number of hydrogen-bond donors (Lipinski definition) is 0. The summed E-state index contributed by atoms with van der Waals surface area (Å²) in [6.07, 6.45) is 6.68. The third-order valence-electron chi connectivity index (χ3n) is 13.3. The molecule has 3 aliphatic carbocycles. The van der Waals surface area contributed by atoms with E-state index >= 15 is 0 Å². The summed E-state index contributed by atoms with van der Waals surface area (Å²) in [5, 5.41) is 0. The Morgan fingerprint density at radius 1 is 0.418 bits per heavy atom. The average molecular weight is 712 g/mol. The summed E-state index contributed by atoms with van der Waals surface area (Å²) < 4.78 is 0. The lowest BCUT2D eigenvalue weighted by Crippen LogP contribution is -2.18. The molecule has 0 spiro atoms. The Bertz CT molecular complexity index is 2560. The van der Waals surface area contributed by atoms with E-state index in [-0.39, 0.29) is 10.8 Å². The van der Waals surface area contributed by atoms with Crippen LogP contribution in [0.1, 0.15) is 93.5 Å². The SMILES string of the molecule is CC1(C)c2ccccc2-c2c(-c3cccc4c3C(C)(C)c3cc(N(c5ccc(C6CCCCC6)cc5)c5cccc(-c6ccccc6)c5)ccc3-4)cccc21. The fourth-order valence-corrected chi connectivity index (χ4v) is 10.4. The molecule has 3 aliphatic rings. The molecule has 0 amide bonds. The van der Waals surface area contributed by atoms with Crippen LogP contribution in [-0.4, -0.2) is 0 Å². The molecule has 270 valence electrons. The highest BCUT2D eigenvalue weighted by Crippen LogP contribution is 2.57. The van der Waals surface area contributed by atoms with Crippen LogP contribution in [0.5, 0.6) is 0 Å². The summed E-state index contributed by atoms with van der Waals surface area (Å²) in [5.41, 5.74) is 21.0. The summed E-state index contributed by atoms with van der Waals surface area (Å²) in [6.45, 7) is 9.63. The molecular formula is C54H49N. The number of anilines is 3. The van der Waals surface area contributed by atoms with Crippen LogP contribution in [-0.2, 0) is 10.8 Å². The molecule has 0 aliphatic heterocycles. The lowest BCUT2D eigenvalue weighted by atomic mass is 9.77. The molecular weight excluding hydrogens is 663 g/mol. The van der Waals surface area contributed by atoms with E-state index in [1.807, 2.05) is 0 Å². The Labute approximate surface area is 327 Å². The van der Waals surface area contributed by atoms with E-state index < -0.39 is 0 Å². The highest BCUT2D eigenvalue weighted by atomic mass is 15.1. The number of nitrogens with zero attached hydrogens (tertiary/aromatic N) is 1. The van der Waals surface area contributed by atoms with Crippen molar-refractivity contribution in [3.8, 4) is 44.5 Å². The van der Waals surface area contributed by atoms with Crippen molar-refractivity contribution in [1.29, 1.82) is 0 Å². The monoisotopic (exact) mass is 711 g/mol. The third-order valence-corrected chi connectivity index (χ3v) is 13.3. The van der Waals surface area contributed by atoms with Gasteiger partial charge in [-0.05, 0) is 127 Å². The van der Waals surface area contributed by atoms with Crippen LogP contribution in [0.3, 0.4) is 0 Å². The van der Waals surface area contributed by atoms with E-state index in [9.17, 15) is 0 Å². The fourth-order valence-electron chi connectivity index (χ4n) is 10.4. The van der Waals surface area contributed by atoms with E-state index in [0.717, 1.165) is 0 Å². The Morgan fingerprint density at radius 2 is 1.02 bits per heavy atom. The van der Waals surface area contributed by atoms with E-state index in [0.29, 0.717) is 5.92 Å². The highest BCUT2D eigenvalue weighted by Gasteiger charge is 2.41. The summed E-state index contributed by atoms with van der Waals surface area (Å²) in [6, 6.07) is 59.5. The maximum atomic E-state index is 2.48. The zero-order chi connectivity index (χ0) is 37.3. The first kappa shape index (κ1) is 33.9. The molecule has 55 heavy (non-hydrogen) atoms. The molecule has 1 fully saturated rings. The first-order valence-electron chi connectivity index (χ1n) is 20.4. The second-order valence-corrected chi connectivity index (χ2v) is 17.2. The molecule has 0 radical (unpaired) electrons. The number of rotatable bonds is 6. The summed E-state index contributed by atoms with van der Waals surface area (Å²) in [5.74, 6) is 0.677. The molecule has 7 aromatic carbocycles. The van der Waals surface area contributed by atoms with Gasteiger partial charge in [-0.25, -0.2) is 0 Å². The van der Waals surface area contributed by atoms with Gasteiger partial charge >= 0.3 is 0 Å². The maximum Gasteiger partial charge on any atom is 0.0467 e. The van der Waals surface area contributed by atoms with Crippen LogP contribution < -0.4 is 4.90 Å². The van der Waals surface area contributed by atoms with E-state index in [1.165, 1.54) is 121 Å². The fraction of sp³-hybridized carbons (Fsp3) is 0.222. The molecule has 1 heteroatoms. The van der Waals surface area contributed by atoms with Gasteiger partial charge in [0.25, 0.3) is 0 Å². The minimum atomic E-state index is -0.212. The second-order valence-electron chi connectivity index (χ2n) is 17.2. The van der Waals surface area contributed by atoms with Gasteiger partial charge in [0.05, 0.1) is 0 Å². The predicted molar refractivity (Wildman–Crippen MR) is 233 cm³/mol. The second kappa shape index (κ2) is 13.0. The zero-order valence-electron chi connectivity index (χ0n) is 32.6. The molecule has 1 saturated carbocycles. The normalized spacial score (nSPS) is 16.2. The molecule has 0 saturated heterocycles. The average Bonchev–Trinajstić information content (AvgIpc) is 3.61. The summed E-state index contributed by atoms with van der Waals surface area (Å²) in [7, 11) is 0. The molecule has 7 aromatic rings. The minimum absolute atomic E-state index is 0.0385. The standard InChI is InChI=1S/C54H49N/c1-53(2)48-26-12-11-22-47(48)51-44(23-15-27-49(51)53)46-25-14-24-45-43-33-32-42(35-50(43)54(3,4)52(45)46)55(40-30-28-38(29-31-40)36-16-7-5-8-17-36)41-21-13-20-39(34-41)37-18-9-6-10-19-37/h6,9-15,18-36H,5,7-8,16-17H2,1-4H3. The van der Waals surface area contributed by atoms with Gasteiger partial charge in [-0.2, -0.15) is 0 Å². The molecule has 0 aromatic heterocycles. The van der Waals surface area contributed by atoms with Gasteiger partial charge in [-0.1, -0.05) is 168 Å². The molecule has 0 atom stereocenters. The van der Waals surface area contributed by atoms with Gasteiger partial charge in [0.15, 0.2) is 0 Å². The first-order chi connectivity index (χ1) is 26.8. The van der Waals surface area contributed by atoms with Crippen molar-refractivity contribution in [2.45, 2.75) is 76.5 Å². The largest absolute Gasteiger partial charge is 0.310 e. The van der Waals surface area contributed by atoms with Crippen LogP contribution in [0.15, 0.2) is 158 Å². The molecule has 1 nitrogen and oxygen atoms in total. The van der Waals surface area contributed by atoms with Crippen LogP contribution in [0.2, 0.25) is 0 Å². The smallest absolute Gasteiger partial charge is 0.0467 e. The summed E-state index contributed by atoms with van der Waals surface area (Å²) in [4.78, 5) is 2.47. The van der Waals surface area contributed by atoms with Crippen LogP contribution in [0.25, 0.3) is 44.5 Å². The molecule has 0 N–H and O–H groups in total. The van der Waals surface area contributed by atoms with E-state index in [4.69, 9.17) is 0 Å². The Kier molecular flexibility index (Phi) is 8.00. The van der Waals surface area contributed by atoms with Crippen LogP contribution >= 0.6 is 0 Å². The topological polar surface area (TPSA) is 3.24 Å². The van der Waals surface area contributed by atoms with Crippen molar-refractivity contribution in [3.63, 3.8) is 0 Å². The van der Waals surface area contributed by atoms with Crippen LogP contribution in [0, 0.1) is 0 Å². The van der Waals surface area contributed by atoms with Crippen molar-refractivity contribution in [3.05, 3.63) is 186 Å². The number of hydrogen-bond acceptors (Lipinski definition) is 1. The van der Waals surface area contributed by atoms with Gasteiger partial charge in [0.2, 0.25) is 0 Å². The lowest BCUT2D eigenvalue weighted by molar-refractivity contribution is 0.443. The highest BCUT2D eigenvalue weighted by molar-refractivity contribution is 5.97. The predicted octanol–water partition coefficient (Wildman–Crippen LogP) is 15.2. The molecule has 10 rings (SSSR count). The lowest BCUT2D eigenvalue weighted by Gasteiger charge is -2.30. The van der Waals surface area contributed by atoms with Gasteiger partial charge in [-0.3, -0.25) is 0 Å². The number of benzene rings is 7. The Hall–Kier alpha value is -5.66. The number of fused-ring (bicyclic) bond motifs is 6. The minimum Gasteiger partial charge on any atom is -0.310 e. The van der Waals surface area contributed by atoms with Crippen molar-refractivity contribution in [2.24, 2.45) is 0 Å². The van der Waals surface area contributed by atoms with Crippen LogP contribution in [0.4, 0.5) is 17.1 Å². The molecule has 0 unspecified atom stereocenters. The quantitative estimate of drug-likeness (QED) is 0.166. The van der Waals surface area contributed by atoms with Crippen molar-refractivity contribution in [1.82, 2.24) is 0 Å². The first-order valence-corrected chi connectivity index (χ1v) is 20.4. The summed E-state index contributed by atoms with van der Waals surface area (Å²) >= 11 is 0. The van der Waals surface area contributed by atoms with Crippen molar-refractivity contribution in [2.75, 3.05) is 4.90 Å². The van der Waals surface area contributed by atoms with E-state index in [1.54, 1.807) is 0 Å². The maximum absolute atomic E-state index is 2.48. The van der Waals surface area contributed by atoms with Gasteiger partial charge < -0.3 is 4.90 Å². The molecule has 0 heterocycles. The van der Waals surface area contributed by atoms with Crippen molar-refractivity contribution < 1.29 is 0 Å². The van der Waals surface area contributed by atoms with Gasteiger partial charge in [-0.15, -0.1) is 0 Å². The Balaban J connectivity index is 1.10. The van der Waals surface area contributed by atoms with Gasteiger partial charge in [0, 0.05) is 27.9 Å². The zero-order valence-corrected chi connectivity index (χ0v) is 32.6. The third kappa shape index (κ3) is 5.42. The van der Waals surface area contributed by atoms with E-state index in [2.05, 4.69) is 190 Å². The van der Waals surface area contributed by atoms with Crippen molar-refractivity contribution >= 4 is 17.1 Å². The Morgan fingerprint density at radius 3 is 1.82 bits per heavy atom.